The molecule has 0 aromatic heterocycles. The van der Waals surface area contributed by atoms with E-state index in [-0.39, 0.29) is 16.9 Å². The lowest BCUT2D eigenvalue weighted by Crippen LogP contribution is -2.53. The minimum atomic E-state index is -1.02. The number of carboxylic acids is 2. The van der Waals surface area contributed by atoms with Gasteiger partial charge in [0, 0.05) is 6.54 Å². The van der Waals surface area contributed by atoms with Gasteiger partial charge in [-0.2, -0.15) is 0 Å². The van der Waals surface area contributed by atoms with Crippen LogP contribution >= 0.6 is 0 Å². The van der Waals surface area contributed by atoms with Crippen molar-refractivity contribution in [3.8, 4) is 0 Å². The maximum Gasteiger partial charge on any atom is 0.326 e. The number of benzene rings is 1. The minimum absolute atomic E-state index is 0. The second-order valence-electron chi connectivity index (χ2n) is 6.33. The topological polar surface area (TPSA) is 170 Å². The van der Waals surface area contributed by atoms with Crippen molar-refractivity contribution in [3.05, 3.63) is 35.9 Å². The molecular weight excluding hydrogens is 356 g/mol. The summed E-state index contributed by atoms with van der Waals surface area (Å²) in [5, 5.41) is 21.4. The van der Waals surface area contributed by atoms with E-state index < -0.39 is 30.1 Å². The van der Waals surface area contributed by atoms with Gasteiger partial charge in [0.05, 0.1) is 6.04 Å². The summed E-state index contributed by atoms with van der Waals surface area (Å²) in [5.41, 5.74) is 1.03. The van der Waals surface area contributed by atoms with Gasteiger partial charge in [-0.05, 0) is 38.2 Å². The lowest BCUT2D eigenvalue weighted by Gasteiger charge is -2.27. The Labute approximate surface area is 157 Å². The van der Waals surface area contributed by atoms with Crippen LogP contribution in [-0.4, -0.2) is 68.6 Å². The molecule has 152 valence electrons. The Balaban J connectivity index is 0.00000338. The molecular formula is C18H28N2O7. The van der Waals surface area contributed by atoms with E-state index in [9.17, 15) is 24.6 Å². The number of likely N-dealkylation sites (tertiary alicyclic amines) is 1. The monoisotopic (exact) mass is 384 g/mol. The molecule has 1 saturated heterocycles. The van der Waals surface area contributed by atoms with Crippen molar-refractivity contribution in [2.24, 2.45) is 0 Å². The van der Waals surface area contributed by atoms with Crippen LogP contribution in [0.5, 0.6) is 0 Å². The number of carbonyl (C=O) groups is 3. The standard InChI is InChI=1S/C18H24N2O5.2H2O/c1-12(16(21)20-11-5-8-15(20)18(24)25)19-14(17(22)23)10-9-13-6-3-2-4-7-13;;/h2-4,6-7,12,14-15,19H,5,8-11H2,1H3,(H,22,23)(H,24,25);2*1H2/t12-,14-,15+;;/m0../s1. The molecule has 0 aliphatic carbocycles. The van der Waals surface area contributed by atoms with Crippen molar-refractivity contribution >= 4 is 17.8 Å². The summed E-state index contributed by atoms with van der Waals surface area (Å²) in [6, 6.07) is 7.09. The van der Waals surface area contributed by atoms with E-state index in [1.807, 2.05) is 30.3 Å². The number of nitrogens with one attached hydrogen (secondary N) is 1. The highest BCUT2D eigenvalue weighted by atomic mass is 16.4. The summed E-state index contributed by atoms with van der Waals surface area (Å²) < 4.78 is 0. The van der Waals surface area contributed by atoms with Crippen LogP contribution in [0.3, 0.4) is 0 Å². The number of rotatable bonds is 8. The molecule has 2 rings (SSSR count). The Morgan fingerprint density at radius 2 is 1.81 bits per heavy atom. The van der Waals surface area contributed by atoms with Gasteiger partial charge >= 0.3 is 11.9 Å². The molecule has 0 saturated carbocycles. The second-order valence-corrected chi connectivity index (χ2v) is 6.33. The van der Waals surface area contributed by atoms with Crippen LogP contribution in [0.2, 0.25) is 0 Å². The van der Waals surface area contributed by atoms with Crippen molar-refractivity contribution in [2.75, 3.05) is 6.54 Å². The van der Waals surface area contributed by atoms with E-state index in [1.165, 1.54) is 4.90 Å². The molecule has 0 spiro atoms. The maximum atomic E-state index is 12.5. The number of hydrogen-bond acceptors (Lipinski definition) is 4. The highest BCUT2D eigenvalue weighted by Gasteiger charge is 2.36. The van der Waals surface area contributed by atoms with E-state index in [2.05, 4.69) is 5.32 Å². The molecule has 9 nitrogen and oxygen atoms in total. The smallest absolute Gasteiger partial charge is 0.326 e. The van der Waals surface area contributed by atoms with Crippen LogP contribution in [-0.2, 0) is 20.8 Å². The summed E-state index contributed by atoms with van der Waals surface area (Å²) in [4.78, 5) is 36.5. The Bertz CT molecular complexity index is 623. The fourth-order valence-electron chi connectivity index (χ4n) is 3.14. The van der Waals surface area contributed by atoms with Crippen molar-refractivity contribution in [3.63, 3.8) is 0 Å². The van der Waals surface area contributed by atoms with Gasteiger partial charge in [-0.25, -0.2) is 4.79 Å². The van der Waals surface area contributed by atoms with Gasteiger partial charge in [-0.15, -0.1) is 0 Å². The van der Waals surface area contributed by atoms with Crippen LogP contribution in [0.4, 0.5) is 0 Å². The fraction of sp³-hybridized carbons (Fsp3) is 0.500. The van der Waals surface area contributed by atoms with E-state index in [1.54, 1.807) is 6.92 Å². The molecule has 0 unspecified atom stereocenters. The first-order valence-corrected chi connectivity index (χ1v) is 8.46. The lowest BCUT2D eigenvalue weighted by atomic mass is 10.0. The Morgan fingerprint density at radius 1 is 1.19 bits per heavy atom. The lowest BCUT2D eigenvalue weighted by molar-refractivity contribution is -0.149. The average Bonchev–Trinajstić information content (AvgIpc) is 3.08. The minimum Gasteiger partial charge on any atom is -0.480 e. The molecule has 7 N–H and O–H groups in total. The number of aliphatic carboxylic acids is 2. The molecule has 1 aromatic rings. The first kappa shape index (κ1) is 24.5. The molecule has 1 aliphatic heterocycles. The van der Waals surface area contributed by atoms with Gasteiger partial charge in [-0.3, -0.25) is 14.9 Å². The average molecular weight is 384 g/mol. The molecule has 0 radical (unpaired) electrons. The summed E-state index contributed by atoms with van der Waals surface area (Å²) >= 11 is 0. The SMILES string of the molecule is C[C@H](N[C@@H](CCc1ccccc1)C(=O)O)C(=O)N1CCC[C@@H]1C(=O)O.O.O. The summed E-state index contributed by atoms with van der Waals surface area (Å²) in [7, 11) is 0. The molecule has 0 bridgehead atoms. The number of aryl methyl sites for hydroxylation is 1. The summed E-state index contributed by atoms with van der Waals surface area (Å²) in [6.07, 6.45) is 2.00. The predicted molar refractivity (Wildman–Crippen MR) is 98.4 cm³/mol. The molecule has 1 aromatic carbocycles. The van der Waals surface area contributed by atoms with Crippen LogP contribution in [0.25, 0.3) is 0 Å². The van der Waals surface area contributed by atoms with Crippen LogP contribution < -0.4 is 5.32 Å². The molecule has 1 aliphatic rings. The second kappa shape index (κ2) is 11.3. The third-order valence-electron chi connectivity index (χ3n) is 4.51. The van der Waals surface area contributed by atoms with Crippen LogP contribution in [0.15, 0.2) is 30.3 Å². The molecule has 3 atom stereocenters. The zero-order chi connectivity index (χ0) is 18.4. The van der Waals surface area contributed by atoms with E-state index in [0.29, 0.717) is 32.2 Å². The molecule has 1 fully saturated rings. The van der Waals surface area contributed by atoms with Crippen LogP contribution in [0, 0.1) is 0 Å². The van der Waals surface area contributed by atoms with Crippen molar-refractivity contribution in [2.45, 2.75) is 50.7 Å². The maximum absolute atomic E-state index is 12.5. The number of nitrogens with zero attached hydrogens (tertiary/aromatic N) is 1. The van der Waals surface area contributed by atoms with Gasteiger partial charge in [0.2, 0.25) is 5.91 Å². The highest BCUT2D eigenvalue weighted by molar-refractivity contribution is 5.88. The number of carboxylic acid groups (broad SMARTS) is 2. The summed E-state index contributed by atoms with van der Waals surface area (Å²) in [5.74, 6) is -2.40. The Hall–Kier alpha value is -2.49. The zero-order valence-electron chi connectivity index (χ0n) is 15.2. The zero-order valence-corrected chi connectivity index (χ0v) is 15.2. The first-order chi connectivity index (χ1) is 11.9. The first-order valence-electron chi connectivity index (χ1n) is 8.46. The summed E-state index contributed by atoms with van der Waals surface area (Å²) in [6.45, 7) is 1.97. The van der Waals surface area contributed by atoms with Gasteiger partial charge in [0.25, 0.3) is 0 Å². The predicted octanol–water partition coefficient (Wildman–Crippen LogP) is -0.523. The number of hydrogen-bond donors (Lipinski definition) is 3. The Kier molecular flexibility index (Phi) is 10.2. The van der Waals surface area contributed by atoms with Crippen molar-refractivity contribution in [1.29, 1.82) is 0 Å². The highest BCUT2D eigenvalue weighted by Crippen LogP contribution is 2.18. The van der Waals surface area contributed by atoms with Gasteiger partial charge in [-0.1, -0.05) is 30.3 Å². The fourth-order valence-corrected chi connectivity index (χ4v) is 3.14. The van der Waals surface area contributed by atoms with E-state index in [0.717, 1.165) is 5.56 Å². The number of amides is 1. The van der Waals surface area contributed by atoms with E-state index >= 15 is 0 Å². The third kappa shape index (κ3) is 6.63. The van der Waals surface area contributed by atoms with Crippen LogP contribution in [0.1, 0.15) is 31.7 Å². The largest absolute Gasteiger partial charge is 0.480 e. The molecule has 1 amide bonds. The van der Waals surface area contributed by atoms with Crippen molar-refractivity contribution in [1.82, 2.24) is 10.2 Å². The Morgan fingerprint density at radius 3 is 2.37 bits per heavy atom. The van der Waals surface area contributed by atoms with Gasteiger partial charge < -0.3 is 26.1 Å². The van der Waals surface area contributed by atoms with Crippen molar-refractivity contribution < 1.29 is 35.5 Å². The molecule has 9 heteroatoms. The van der Waals surface area contributed by atoms with E-state index in [4.69, 9.17) is 0 Å². The molecule has 1 heterocycles. The quantitative estimate of drug-likeness (QED) is 0.544. The van der Waals surface area contributed by atoms with Gasteiger partial charge in [0.1, 0.15) is 12.1 Å². The van der Waals surface area contributed by atoms with Gasteiger partial charge in [0.15, 0.2) is 0 Å². The third-order valence-corrected chi connectivity index (χ3v) is 4.51. The number of carbonyl (C=O) groups excluding carboxylic acids is 1. The normalized spacial score (nSPS) is 18.0. The molecule has 27 heavy (non-hydrogen) atoms.